The quantitative estimate of drug-likeness (QED) is 0.528. The van der Waals surface area contributed by atoms with E-state index in [1.165, 1.54) is 6.92 Å². The average molecular weight is 385 g/mol. The van der Waals surface area contributed by atoms with Crippen LogP contribution in [0, 0.1) is 0 Å². The third kappa shape index (κ3) is 4.63. The van der Waals surface area contributed by atoms with Crippen molar-refractivity contribution in [2.24, 2.45) is 0 Å². The Morgan fingerprint density at radius 2 is 1.96 bits per heavy atom. The van der Waals surface area contributed by atoms with E-state index in [1.807, 2.05) is 23.1 Å². The summed E-state index contributed by atoms with van der Waals surface area (Å²) < 4.78 is 11.1. The number of carbonyl (C=O) groups is 2. The lowest BCUT2D eigenvalue weighted by Gasteiger charge is -2.29. The molecule has 142 valence electrons. The van der Waals surface area contributed by atoms with Crippen LogP contribution < -0.4 is 14.4 Å². The first-order valence-electron chi connectivity index (χ1n) is 8.94. The van der Waals surface area contributed by atoms with E-state index >= 15 is 0 Å². The van der Waals surface area contributed by atoms with Gasteiger partial charge in [-0.3, -0.25) is 9.59 Å². The van der Waals surface area contributed by atoms with Crippen LogP contribution in [-0.2, 0) is 4.79 Å². The SMILES string of the molecule is COc1cc(C(C)=O)ccc1OCCCC(=O)N1CCSc2ccccc21. The van der Waals surface area contributed by atoms with Gasteiger partial charge in [-0.25, -0.2) is 0 Å². The summed E-state index contributed by atoms with van der Waals surface area (Å²) in [5.41, 5.74) is 1.58. The highest BCUT2D eigenvalue weighted by Gasteiger charge is 2.22. The third-order valence-corrected chi connectivity index (χ3v) is 5.44. The fourth-order valence-corrected chi connectivity index (χ4v) is 3.97. The number of ether oxygens (including phenoxy) is 2. The molecule has 2 aromatic carbocycles. The van der Waals surface area contributed by atoms with Crippen molar-refractivity contribution in [3.8, 4) is 11.5 Å². The van der Waals surface area contributed by atoms with Gasteiger partial charge in [-0.05, 0) is 43.7 Å². The van der Waals surface area contributed by atoms with Crippen molar-refractivity contribution in [3.05, 3.63) is 48.0 Å². The lowest BCUT2D eigenvalue weighted by atomic mass is 10.1. The molecule has 0 N–H and O–H groups in total. The van der Waals surface area contributed by atoms with E-state index in [2.05, 4.69) is 6.07 Å². The molecule has 6 heteroatoms. The number of methoxy groups -OCH3 is 1. The molecule has 0 aromatic heterocycles. The fraction of sp³-hybridized carbons (Fsp3) is 0.333. The zero-order chi connectivity index (χ0) is 19.2. The van der Waals surface area contributed by atoms with Gasteiger partial charge in [-0.1, -0.05) is 12.1 Å². The van der Waals surface area contributed by atoms with E-state index in [1.54, 1.807) is 37.1 Å². The maximum absolute atomic E-state index is 12.6. The lowest BCUT2D eigenvalue weighted by Crippen LogP contribution is -2.35. The molecule has 0 fully saturated rings. The number of hydrogen-bond acceptors (Lipinski definition) is 5. The van der Waals surface area contributed by atoms with Gasteiger partial charge in [0, 0.05) is 29.2 Å². The average Bonchev–Trinajstić information content (AvgIpc) is 2.70. The molecule has 0 spiro atoms. The summed E-state index contributed by atoms with van der Waals surface area (Å²) in [5, 5.41) is 0. The predicted octanol–water partition coefficient (Wildman–Crippen LogP) is 4.20. The number of rotatable bonds is 7. The van der Waals surface area contributed by atoms with Gasteiger partial charge in [-0.15, -0.1) is 11.8 Å². The summed E-state index contributed by atoms with van der Waals surface area (Å²) in [6, 6.07) is 13.1. The van der Waals surface area contributed by atoms with Crippen LogP contribution in [0.15, 0.2) is 47.4 Å². The largest absolute Gasteiger partial charge is 0.493 e. The van der Waals surface area contributed by atoms with Crippen LogP contribution in [0.4, 0.5) is 5.69 Å². The summed E-state index contributed by atoms with van der Waals surface area (Å²) in [6.07, 6.45) is 1.04. The van der Waals surface area contributed by atoms with Crippen LogP contribution in [0.3, 0.4) is 0 Å². The van der Waals surface area contributed by atoms with E-state index in [-0.39, 0.29) is 11.7 Å². The number of para-hydroxylation sites is 1. The van der Waals surface area contributed by atoms with Crippen molar-refractivity contribution in [1.82, 2.24) is 0 Å². The smallest absolute Gasteiger partial charge is 0.227 e. The van der Waals surface area contributed by atoms with Gasteiger partial charge >= 0.3 is 0 Å². The van der Waals surface area contributed by atoms with Crippen molar-refractivity contribution in [2.75, 3.05) is 30.9 Å². The number of carbonyl (C=O) groups excluding carboxylic acids is 2. The van der Waals surface area contributed by atoms with E-state index in [4.69, 9.17) is 9.47 Å². The van der Waals surface area contributed by atoms with Gasteiger partial charge in [-0.2, -0.15) is 0 Å². The standard InChI is InChI=1S/C21H23NO4S/c1-15(23)16-9-10-18(19(14-16)25-2)26-12-5-8-21(24)22-11-13-27-20-7-4-3-6-17(20)22/h3-4,6-7,9-10,14H,5,8,11-13H2,1-2H3. The Morgan fingerprint density at radius 1 is 1.15 bits per heavy atom. The number of thioether (sulfide) groups is 1. The molecule has 0 saturated carbocycles. The Bertz CT molecular complexity index is 837. The number of hydrogen-bond donors (Lipinski definition) is 0. The highest BCUT2D eigenvalue weighted by Crippen LogP contribution is 2.34. The Labute approximate surface area is 163 Å². The topological polar surface area (TPSA) is 55.8 Å². The van der Waals surface area contributed by atoms with Crippen molar-refractivity contribution < 1.29 is 19.1 Å². The van der Waals surface area contributed by atoms with Crippen molar-refractivity contribution >= 4 is 29.1 Å². The third-order valence-electron chi connectivity index (χ3n) is 4.39. The van der Waals surface area contributed by atoms with E-state index in [0.29, 0.717) is 36.5 Å². The molecule has 0 atom stereocenters. The second kappa shape index (κ2) is 8.95. The summed E-state index contributed by atoms with van der Waals surface area (Å²) in [7, 11) is 1.54. The van der Waals surface area contributed by atoms with Crippen LogP contribution in [0.2, 0.25) is 0 Å². The molecular weight excluding hydrogens is 362 g/mol. The number of ketones is 1. The van der Waals surface area contributed by atoms with Crippen molar-refractivity contribution in [1.29, 1.82) is 0 Å². The predicted molar refractivity (Wildman–Crippen MR) is 107 cm³/mol. The summed E-state index contributed by atoms with van der Waals surface area (Å²) in [4.78, 5) is 27.1. The van der Waals surface area contributed by atoms with Crippen LogP contribution in [0.1, 0.15) is 30.1 Å². The molecule has 1 amide bonds. The van der Waals surface area contributed by atoms with Gasteiger partial charge < -0.3 is 14.4 Å². The molecule has 3 rings (SSSR count). The zero-order valence-corrected chi connectivity index (χ0v) is 16.4. The molecule has 0 aliphatic carbocycles. The van der Waals surface area contributed by atoms with Gasteiger partial charge in [0.15, 0.2) is 17.3 Å². The fourth-order valence-electron chi connectivity index (χ4n) is 2.97. The number of Topliss-reactive ketones (excluding diaryl/α,β-unsaturated/α-hetero) is 1. The maximum Gasteiger partial charge on any atom is 0.227 e. The number of amides is 1. The number of benzene rings is 2. The number of nitrogens with zero attached hydrogens (tertiary/aromatic N) is 1. The monoisotopic (exact) mass is 385 g/mol. The minimum atomic E-state index is -0.0228. The molecule has 1 aliphatic heterocycles. The molecule has 1 aliphatic rings. The molecule has 0 bridgehead atoms. The summed E-state index contributed by atoms with van der Waals surface area (Å²) in [5.74, 6) is 2.11. The molecule has 27 heavy (non-hydrogen) atoms. The first-order chi connectivity index (χ1) is 13.1. The van der Waals surface area contributed by atoms with Gasteiger partial charge in [0.05, 0.1) is 19.4 Å². The van der Waals surface area contributed by atoms with Crippen LogP contribution in [-0.4, -0.2) is 37.7 Å². The van der Waals surface area contributed by atoms with Crippen LogP contribution in [0.25, 0.3) is 0 Å². The molecule has 5 nitrogen and oxygen atoms in total. The highest BCUT2D eigenvalue weighted by atomic mass is 32.2. The molecule has 0 unspecified atom stereocenters. The highest BCUT2D eigenvalue weighted by molar-refractivity contribution is 7.99. The van der Waals surface area contributed by atoms with Gasteiger partial charge in [0.1, 0.15) is 0 Å². The Morgan fingerprint density at radius 3 is 2.74 bits per heavy atom. The zero-order valence-electron chi connectivity index (χ0n) is 15.6. The lowest BCUT2D eigenvalue weighted by molar-refractivity contribution is -0.118. The molecular formula is C21H23NO4S. The van der Waals surface area contributed by atoms with Crippen molar-refractivity contribution in [3.63, 3.8) is 0 Å². The maximum atomic E-state index is 12.6. The first-order valence-corrected chi connectivity index (χ1v) is 9.92. The van der Waals surface area contributed by atoms with Crippen molar-refractivity contribution in [2.45, 2.75) is 24.7 Å². The van der Waals surface area contributed by atoms with Gasteiger partial charge in [0.25, 0.3) is 0 Å². The Balaban J connectivity index is 1.54. The number of fused-ring (bicyclic) bond motifs is 1. The molecule has 0 radical (unpaired) electrons. The van der Waals surface area contributed by atoms with Gasteiger partial charge in [0.2, 0.25) is 5.91 Å². The summed E-state index contributed by atoms with van der Waals surface area (Å²) >= 11 is 1.79. The minimum Gasteiger partial charge on any atom is -0.493 e. The van der Waals surface area contributed by atoms with Crippen LogP contribution >= 0.6 is 11.8 Å². The normalized spacial score (nSPS) is 13.0. The Hall–Kier alpha value is -2.47. The van der Waals surface area contributed by atoms with Crippen LogP contribution in [0.5, 0.6) is 11.5 Å². The number of anilines is 1. The molecule has 1 heterocycles. The summed E-state index contributed by atoms with van der Waals surface area (Å²) in [6.45, 7) is 2.66. The first kappa shape index (κ1) is 19.3. The van der Waals surface area contributed by atoms with E-state index in [0.717, 1.165) is 22.9 Å². The molecule has 0 saturated heterocycles. The Kier molecular flexibility index (Phi) is 6.40. The molecule has 2 aromatic rings. The minimum absolute atomic E-state index is 0.0228. The second-order valence-electron chi connectivity index (χ2n) is 6.24. The van der Waals surface area contributed by atoms with E-state index < -0.39 is 0 Å². The van der Waals surface area contributed by atoms with E-state index in [9.17, 15) is 9.59 Å². The second-order valence-corrected chi connectivity index (χ2v) is 7.37.